The predicted molar refractivity (Wildman–Crippen MR) is 119 cm³/mol. The normalized spacial score (nSPS) is 19.6. The van der Waals surface area contributed by atoms with Crippen LogP contribution in [0.3, 0.4) is 0 Å². The molecule has 2 fully saturated rings. The summed E-state index contributed by atoms with van der Waals surface area (Å²) in [6, 6.07) is 0.625. The molecule has 4 N–H and O–H groups in total. The number of carbonyl (C=O) groups excluding carboxylic acids is 4. The molecule has 1 aliphatic carbocycles. The summed E-state index contributed by atoms with van der Waals surface area (Å²) in [5.41, 5.74) is 11.7. The highest BCUT2D eigenvalue weighted by Crippen LogP contribution is 2.29. The third kappa shape index (κ3) is 5.16. The van der Waals surface area contributed by atoms with Crippen LogP contribution >= 0.6 is 11.3 Å². The fraction of sp³-hybridized carbons (Fsp3) is 0.571. The number of carbonyl (C=O) groups is 4. The second-order valence-corrected chi connectivity index (χ2v) is 8.83. The minimum absolute atomic E-state index is 0.0630. The fourth-order valence-corrected chi connectivity index (χ4v) is 5.09. The van der Waals surface area contributed by atoms with Gasteiger partial charge in [0.15, 0.2) is 0 Å². The Morgan fingerprint density at radius 3 is 2.56 bits per heavy atom. The summed E-state index contributed by atoms with van der Waals surface area (Å²) < 4.78 is 4.48. The molecule has 0 spiro atoms. The highest BCUT2D eigenvalue weighted by atomic mass is 32.1. The van der Waals surface area contributed by atoms with Crippen molar-refractivity contribution in [1.29, 1.82) is 0 Å². The summed E-state index contributed by atoms with van der Waals surface area (Å²) in [5.74, 6) is -1.14. The number of amidine groups is 1. The zero-order valence-electron chi connectivity index (χ0n) is 18.1. The zero-order valence-corrected chi connectivity index (χ0v) is 18.9. The summed E-state index contributed by atoms with van der Waals surface area (Å²) in [4.78, 5) is 57.5. The summed E-state index contributed by atoms with van der Waals surface area (Å²) in [6.07, 6.45) is 4.77. The van der Waals surface area contributed by atoms with E-state index in [0.29, 0.717) is 29.8 Å². The highest BCUT2D eigenvalue weighted by molar-refractivity contribution is 7.12. The lowest BCUT2D eigenvalue weighted by atomic mass is 9.93. The number of amides is 4. The van der Waals surface area contributed by atoms with Crippen molar-refractivity contribution >= 4 is 41.0 Å². The largest absolute Gasteiger partial charge is 0.451 e. The zero-order chi connectivity index (χ0) is 23.3. The Kier molecular flexibility index (Phi) is 7.97. The fourth-order valence-electron chi connectivity index (χ4n) is 4.31. The van der Waals surface area contributed by atoms with E-state index in [4.69, 9.17) is 11.5 Å². The Balaban J connectivity index is 1.88. The first-order chi connectivity index (χ1) is 15.4. The monoisotopic (exact) mass is 463 g/mol. The van der Waals surface area contributed by atoms with E-state index in [1.165, 1.54) is 23.0 Å². The summed E-state index contributed by atoms with van der Waals surface area (Å²) in [6.45, 7) is 0.288. The molecule has 1 saturated heterocycles. The molecule has 0 bridgehead atoms. The van der Waals surface area contributed by atoms with Crippen molar-refractivity contribution in [2.75, 3.05) is 20.2 Å². The Labute approximate surface area is 190 Å². The minimum atomic E-state index is -0.839. The Morgan fingerprint density at radius 1 is 1.19 bits per heavy atom. The van der Waals surface area contributed by atoms with Crippen LogP contribution in [-0.4, -0.2) is 71.7 Å². The van der Waals surface area contributed by atoms with Crippen LogP contribution in [0.25, 0.3) is 0 Å². The lowest BCUT2D eigenvalue weighted by Gasteiger charge is -2.36. The van der Waals surface area contributed by atoms with Crippen LogP contribution in [0.5, 0.6) is 0 Å². The second kappa shape index (κ2) is 10.7. The number of ether oxygens (including phenoxy) is 1. The van der Waals surface area contributed by atoms with E-state index >= 15 is 0 Å². The molecule has 174 valence electrons. The molecule has 2 aliphatic rings. The molecule has 1 saturated carbocycles. The number of thiophene rings is 1. The van der Waals surface area contributed by atoms with Crippen molar-refractivity contribution in [3.63, 3.8) is 0 Å². The summed E-state index contributed by atoms with van der Waals surface area (Å²) in [5, 5.41) is 1.60. The van der Waals surface area contributed by atoms with Crippen LogP contribution in [0.2, 0.25) is 0 Å². The first-order valence-corrected chi connectivity index (χ1v) is 11.6. The van der Waals surface area contributed by atoms with Crippen LogP contribution in [0.1, 0.15) is 60.2 Å². The number of nitrogens with zero attached hydrogens (tertiary/aromatic N) is 3. The average molecular weight is 464 g/mol. The maximum absolute atomic E-state index is 13.6. The first kappa shape index (κ1) is 23.9. The predicted octanol–water partition coefficient (Wildman–Crippen LogP) is 1.47. The molecule has 10 nitrogen and oxygen atoms in total. The number of hydrogen-bond acceptors (Lipinski definition) is 7. The van der Waals surface area contributed by atoms with Gasteiger partial charge in [0.1, 0.15) is 11.9 Å². The topological polar surface area (TPSA) is 148 Å². The Morgan fingerprint density at radius 2 is 1.91 bits per heavy atom. The number of imide groups is 1. The second-order valence-electron chi connectivity index (χ2n) is 7.92. The van der Waals surface area contributed by atoms with Gasteiger partial charge in [0, 0.05) is 18.0 Å². The van der Waals surface area contributed by atoms with Gasteiger partial charge in [0.2, 0.25) is 5.91 Å². The molecule has 1 aliphatic heterocycles. The molecule has 4 amide bonds. The molecule has 1 aromatic heterocycles. The minimum Gasteiger partial charge on any atom is -0.451 e. The van der Waals surface area contributed by atoms with E-state index in [1.54, 1.807) is 5.38 Å². The molecule has 3 rings (SSSR count). The quantitative estimate of drug-likeness (QED) is 0.381. The van der Waals surface area contributed by atoms with E-state index in [9.17, 15) is 19.2 Å². The van der Waals surface area contributed by atoms with E-state index in [-0.39, 0.29) is 30.2 Å². The SMILES string of the molecule is COC(=O)N=C(N)c1cc(C(=O)N(C(=O)[C@@H]2CCCN2C(=O)CN)C2CCCCC2)cs1. The molecule has 0 radical (unpaired) electrons. The number of likely N-dealkylation sites (tertiary alicyclic amines) is 1. The van der Waals surface area contributed by atoms with Crippen molar-refractivity contribution in [3.8, 4) is 0 Å². The van der Waals surface area contributed by atoms with E-state index in [1.807, 2.05) is 0 Å². The van der Waals surface area contributed by atoms with Gasteiger partial charge in [-0.25, -0.2) is 4.79 Å². The molecule has 2 heterocycles. The third-order valence-corrected chi connectivity index (χ3v) is 6.87. The van der Waals surface area contributed by atoms with Crippen LogP contribution in [0, 0.1) is 0 Å². The van der Waals surface area contributed by atoms with Gasteiger partial charge >= 0.3 is 6.09 Å². The molecule has 1 aromatic rings. The molecule has 32 heavy (non-hydrogen) atoms. The van der Waals surface area contributed by atoms with Gasteiger partial charge in [0.05, 0.1) is 24.1 Å². The number of hydrogen-bond donors (Lipinski definition) is 2. The van der Waals surface area contributed by atoms with E-state index in [0.717, 1.165) is 43.4 Å². The van der Waals surface area contributed by atoms with Gasteiger partial charge in [-0.2, -0.15) is 4.99 Å². The molecule has 1 atom stereocenters. The Bertz CT molecular complexity index is 908. The first-order valence-electron chi connectivity index (χ1n) is 10.7. The average Bonchev–Trinajstić information content (AvgIpc) is 3.49. The lowest BCUT2D eigenvalue weighted by Crippen LogP contribution is -2.54. The lowest BCUT2D eigenvalue weighted by molar-refractivity contribution is -0.143. The number of methoxy groups -OCH3 is 1. The number of nitrogens with two attached hydrogens (primary N) is 2. The van der Waals surface area contributed by atoms with Crippen LogP contribution < -0.4 is 11.5 Å². The third-order valence-electron chi connectivity index (χ3n) is 5.91. The van der Waals surface area contributed by atoms with Gasteiger partial charge in [-0.05, 0) is 31.7 Å². The van der Waals surface area contributed by atoms with Gasteiger partial charge in [-0.15, -0.1) is 11.3 Å². The molecule has 0 unspecified atom stereocenters. The smallest absolute Gasteiger partial charge is 0.435 e. The number of rotatable bonds is 5. The van der Waals surface area contributed by atoms with Crippen LogP contribution in [-0.2, 0) is 14.3 Å². The summed E-state index contributed by atoms with van der Waals surface area (Å²) in [7, 11) is 1.19. The van der Waals surface area contributed by atoms with E-state index in [2.05, 4.69) is 9.73 Å². The van der Waals surface area contributed by atoms with Crippen molar-refractivity contribution in [2.45, 2.75) is 57.0 Å². The standard InChI is InChI=1S/C21H29N5O5S/c1-31-21(30)24-18(23)16-10-13(12-32-16)19(28)26(14-6-3-2-4-7-14)20(29)15-8-5-9-25(15)17(27)11-22/h10,12,14-15H,2-9,11,22H2,1H3,(H2,23,24,30)/t15-/m0/s1. The maximum atomic E-state index is 13.6. The molecular formula is C21H29N5O5S. The number of aliphatic imine (C=N–C) groups is 1. The van der Waals surface area contributed by atoms with Gasteiger partial charge in [0.25, 0.3) is 11.8 Å². The van der Waals surface area contributed by atoms with Crippen LogP contribution in [0.4, 0.5) is 4.79 Å². The van der Waals surface area contributed by atoms with Crippen molar-refractivity contribution < 1.29 is 23.9 Å². The van der Waals surface area contributed by atoms with Crippen molar-refractivity contribution in [1.82, 2.24) is 9.80 Å². The van der Waals surface area contributed by atoms with Gasteiger partial charge in [-0.3, -0.25) is 19.3 Å². The highest BCUT2D eigenvalue weighted by Gasteiger charge is 2.41. The van der Waals surface area contributed by atoms with Crippen LogP contribution in [0.15, 0.2) is 16.4 Å². The maximum Gasteiger partial charge on any atom is 0.435 e. The molecule has 11 heteroatoms. The Hall–Kier alpha value is -2.79. The van der Waals surface area contributed by atoms with Crippen molar-refractivity contribution in [2.24, 2.45) is 16.5 Å². The van der Waals surface area contributed by atoms with Gasteiger partial charge in [-0.1, -0.05) is 19.3 Å². The van der Waals surface area contributed by atoms with Gasteiger partial charge < -0.3 is 21.1 Å². The summed E-state index contributed by atoms with van der Waals surface area (Å²) >= 11 is 1.15. The molecule has 0 aromatic carbocycles. The van der Waals surface area contributed by atoms with E-state index < -0.39 is 18.0 Å². The van der Waals surface area contributed by atoms with Crippen molar-refractivity contribution in [3.05, 3.63) is 21.9 Å². The molecular weight excluding hydrogens is 434 g/mol.